The molecule has 2 rings (SSSR count). The number of hydrogen-bond acceptors (Lipinski definition) is 4. The maximum absolute atomic E-state index is 12.1. The first-order chi connectivity index (χ1) is 9.54. The van der Waals surface area contributed by atoms with Crippen molar-refractivity contribution in [1.82, 2.24) is 9.78 Å². The quantitative estimate of drug-likeness (QED) is 0.902. The molecule has 1 heterocycles. The molecule has 0 saturated heterocycles. The predicted octanol–water partition coefficient (Wildman–Crippen LogP) is 3.56. The summed E-state index contributed by atoms with van der Waals surface area (Å²) in [6.07, 6.45) is 5.25. The van der Waals surface area contributed by atoms with Crippen LogP contribution in [0, 0.1) is 0 Å². The third kappa shape index (κ3) is 3.31. The van der Waals surface area contributed by atoms with Crippen LogP contribution in [0.2, 0.25) is 5.02 Å². The molecule has 2 unspecified atom stereocenters. The number of anilines is 1. The lowest BCUT2D eigenvalue weighted by atomic mass is 10.2. The molecule has 1 aliphatic rings. The van der Waals surface area contributed by atoms with E-state index in [-0.39, 0.29) is 16.6 Å². The molecule has 0 amide bonds. The summed E-state index contributed by atoms with van der Waals surface area (Å²) in [6.45, 7) is 6.02. The average Bonchev–Trinajstić information content (AvgIpc) is 2.83. The third-order valence-electron chi connectivity index (χ3n) is 3.61. The zero-order valence-corrected chi connectivity index (χ0v) is 13.8. The maximum Gasteiger partial charge on any atom is 0.287 e. The van der Waals surface area contributed by atoms with Crippen molar-refractivity contribution >= 4 is 29.1 Å². The lowest BCUT2D eigenvalue weighted by Gasteiger charge is -2.22. The number of thioether (sulfide) groups is 1. The summed E-state index contributed by atoms with van der Waals surface area (Å²) in [5, 5.41) is 8.48. The first-order valence-electron chi connectivity index (χ1n) is 7.20. The molecule has 6 heteroatoms. The summed E-state index contributed by atoms with van der Waals surface area (Å²) in [4.78, 5) is 12.1. The number of nitrogens with zero attached hydrogens (tertiary/aromatic N) is 2. The van der Waals surface area contributed by atoms with Crippen molar-refractivity contribution < 1.29 is 0 Å². The van der Waals surface area contributed by atoms with Gasteiger partial charge in [0.05, 0.1) is 17.9 Å². The van der Waals surface area contributed by atoms with Crippen molar-refractivity contribution in [2.75, 3.05) is 11.1 Å². The largest absolute Gasteiger partial charge is 0.379 e. The molecule has 1 fully saturated rings. The maximum atomic E-state index is 12.1. The summed E-state index contributed by atoms with van der Waals surface area (Å²) >= 11 is 8.18. The van der Waals surface area contributed by atoms with Gasteiger partial charge in [-0.05, 0) is 32.4 Å². The standard InChI is InChI=1S/C14H22ClN3OS/c1-4-20-12-7-5-6-10(12)17-11-8-16-18(9(2)3)14(19)13(11)15/h8-10,12,17H,4-7H2,1-3H3. The van der Waals surface area contributed by atoms with Crippen LogP contribution >= 0.6 is 23.4 Å². The van der Waals surface area contributed by atoms with Gasteiger partial charge in [-0.3, -0.25) is 4.79 Å². The van der Waals surface area contributed by atoms with E-state index < -0.39 is 0 Å². The first-order valence-corrected chi connectivity index (χ1v) is 8.62. The third-order valence-corrected chi connectivity index (χ3v) is 5.30. The second kappa shape index (κ2) is 6.85. The number of halogens is 1. The van der Waals surface area contributed by atoms with E-state index >= 15 is 0 Å². The van der Waals surface area contributed by atoms with Gasteiger partial charge in [-0.15, -0.1) is 0 Å². The fourth-order valence-corrected chi connectivity index (χ4v) is 4.01. The Morgan fingerprint density at radius 1 is 1.55 bits per heavy atom. The van der Waals surface area contributed by atoms with Crippen LogP contribution in [0.15, 0.2) is 11.0 Å². The molecule has 0 radical (unpaired) electrons. The van der Waals surface area contributed by atoms with E-state index in [1.165, 1.54) is 17.5 Å². The Bertz CT molecular complexity index is 518. The lowest BCUT2D eigenvalue weighted by molar-refractivity contribution is 0.503. The Morgan fingerprint density at radius 3 is 2.95 bits per heavy atom. The van der Waals surface area contributed by atoms with Crippen molar-refractivity contribution in [2.24, 2.45) is 0 Å². The highest BCUT2D eigenvalue weighted by molar-refractivity contribution is 7.99. The Kier molecular flexibility index (Phi) is 5.38. The molecule has 0 bridgehead atoms. The molecule has 1 aromatic rings. The predicted molar refractivity (Wildman–Crippen MR) is 87.1 cm³/mol. The van der Waals surface area contributed by atoms with Crippen LogP contribution in [0.3, 0.4) is 0 Å². The van der Waals surface area contributed by atoms with Gasteiger partial charge in [0.1, 0.15) is 5.02 Å². The van der Waals surface area contributed by atoms with Crippen LogP contribution in [0.25, 0.3) is 0 Å². The molecule has 0 spiro atoms. The molecule has 1 aromatic heterocycles. The molecule has 1 saturated carbocycles. The van der Waals surface area contributed by atoms with E-state index in [4.69, 9.17) is 11.6 Å². The highest BCUT2D eigenvalue weighted by atomic mass is 35.5. The minimum Gasteiger partial charge on any atom is -0.379 e. The smallest absolute Gasteiger partial charge is 0.287 e. The lowest BCUT2D eigenvalue weighted by Crippen LogP contribution is -2.30. The normalized spacial score (nSPS) is 22.4. The molecular weight excluding hydrogens is 294 g/mol. The molecule has 1 aliphatic carbocycles. The SMILES string of the molecule is CCSC1CCCC1Nc1cnn(C(C)C)c(=O)c1Cl. The molecule has 4 nitrogen and oxygen atoms in total. The van der Waals surface area contributed by atoms with Crippen LogP contribution in [0.4, 0.5) is 5.69 Å². The summed E-state index contributed by atoms with van der Waals surface area (Å²) in [6, 6.07) is 0.400. The molecule has 0 aromatic carbocycles. The molecule has 2 atom stereocenters. The number of hydrogen-bond donors (Lipinski definition) is 1. The van der Waals surface area contributed by atoms with Crippen molar-refractivity contribution in [1.29, 1.82) is 0 Å². The molecule has 0 aliphatic heterocycles. The monoisotopic (exact) mass is 315 g/mol. The van der Waals surface area contributed by atoms with Gasteiger partial charge >= 0.3 is 0 Å². The highest BCUT2D eigenvalue weighted by Gasteiger charge is 2.28. The van der Waals surface area contributed by atoms with E-state index in [0.717, 1.165) is 12.2 Å². The van der Waals surface area contributed by atoms with Crippen molar-refractivity contribution in [3.8, 4) is 0 Å². The fraction of sp³-hybridized carbons (Fsp3) is 0.714. The summed E-state index contributed by atoms with van der Waals surface area (Å²) < 4.78 is 1.42. The van der Waals surface area contributed by atoms with Gasteiger partial charge in [0.2, 0.25) is 0 Å². The van der Waals surface area contributed by atoms with Crippen LogP contribution in [-0.4, -0.2) is 26.8 Å². The van der Waals surface area contributed by atoms with E-state index in [9.17, 15) is 4.79 Å². The van der Waals surface area contributed by atoms with Gasteiger partial charge in [0, 0.05) is 11.3 Å². The van der Waals surface area contributed by atoms with E-state index in [1.807, 2.05) is 25.6 Å². The zero-order valence-electron chi connectivity index (χ0n) is 12.2. The number of aromatic nitrogens is 2. The van der Waals surface area contributed by atoms with Crippen LogP contribution < -0.4 is 10.9 Å². The minimum atomic E-state index is -0.218. The fourth-order valence-electron chi connectivity index (χ4n) is 2.62. The van der Waals surface area contributed by atoms with E-state index in [1.54, 1.807) is 6.20 Å². The van der Waals surface area contributed by atoms with E-state index in [2.05, 4.69) is 17.3 Å². The minimum absolute atomic E-state index is 0.0175. The van der Waals surface area contributed by atoms with Gasteiger partial charge in [-0.1, -0.05) is 24.9 Å². The second-order valence-electron chi connectivity index (χ2n) is 5.39. The molecular formula is C14H22ClN3OS. The Balaban J connectivity index is 2.18. The van der Waals surface area contributed by atoms with Crippen LogP contribution in [0.1, 0.15) is 46.1 Å². The Labute approximate surface area is 129 Å². The summed E-state index contributed by atoms with van der Waals surface area (Å²) in [5.41, 5.74) is 0.450. The topological polar surface area (TPSA) is 46.9 Å². The highest BCUT2D eigenvalue weighted by Crippen LogP contribution is 2.32. The number of nitrogens with one attached hydrogen (secondary N) is 1. The van der Waals surface area contributed by atoms with Gasteiger partial charge in [-0.25, -0.2) is 4.68 Å². The van der Waals surface area contributed by atoms with Gasteiger partial charge in [0.15, 0.2) is 0 Å². The molecule has 20 heavy (non-hydrogen) atoms. The average molecular weight is 316 g/mol. The van der Waals surface area contributed by atoms with Crippen LogP contribution in [0.5, 0.6) is 0 Å². The van der Waals surface area contributed by atoms with Gasteiger partial charge in [0.25, 0.3) is 5.56 Å². The Morgan fingerprint density at radius 2 is 2.30 bits per heavy atom. The van der Waals surface area contributed by atoms with Crippen molar-refractivity contribution in [2.45, 2.75) is 57.4 Å². The molecule has 112 valence electrons. The number of rotatable bonds is 5. The van der Waals surface area contributed by atoms with Crippen LogP contribution in [-0.2, 0) is 0 Å². The van der Waals surface area contributed by atoms with Gasteiger partial charge in [-0.2, -0.15) is 16.9 Å². The summed E-state index contributed by atoms with van der Waals surface area (Å²) in [5.74, 6) is 1.11. The van der Waals surface area contributed by atoms with Crippen molar-refractivity contribution in [3.05, 3.63) is 21.6 Å². The second-order valence-corrected chi connectivity index (χ2v) is 7.29. The summed E-state index contributed by atoms with van der Waals surface area (Å²) in [7, 11) is 0. The zero-order chi connectivity index (χ0) is 14.7. The van der Waals surface area contributed by atoms with E-state index in [0.29, 0.717) is 17.0 Å². The first kappa shape index (κ1) is 15.7. The Hall–Kier alpha value is -0.680. The molecule has 1 N–H and O–H groups in total. The van der Waals surface area contributed by atoms with Gasteiger partial charge < -0.3 is 5.32 Å². The van der Waals surface area contributed by atoms with Crippen molar-refractivity contribution in [3.63, 3.8) is 0 Å².